The number of hydrogen-bond donors (Lipinski definition) is 1. The van der Waals surface area contributed by atoms with E-state index >= 15 is 0 Å². The highest BCUT2D eigenvalue weighted by atomic mass is 79.9. The fourth-order valence-electron chi connectivity index (χ4n) is 1.59. The molecule has 0 fully saturated rings. The largest absolute Gasteiger partial charge is 0.356 e. The molecule has 2 rings (SSSR count). The number of amides is 1. The number of halogens is 1. The van der Waals surface area contributed by atoms with Crippen molar-refractivity contribution in [1.82, 2.24) is 5.32 Å². The van der Waals surface area contributed by atoms with E-state index in [-0.39, 0.29) is 5.91 Å². The maximum Gasteiger partial charge on any atom is 0.220 e. The molecule has 2 heterocycles. The van der Waals surface area contributed by atoms with Gasteiger partial charge in [0.15, 0.2) is 0 Å². The van der Waals surface area contributed by atoms with Crippen LogP contribution in [-0.2, 0) is 17.6 Å². The van der Waals surface area contributed by atoms with Crippen LogP contribution >= 0.6 is 38.6 Å². The predicted molar refractivity (Wildman–Crippen MR) is 81.4 cm³/mol. The third-order valence-electron chi connectivity index (χ3n) is 2.54. The highest BCUT2D eigenvalue weighted by Gasteiger charge is 2.03. The summed E-state index contributed by atoms with van der Waals surface area (Å²) >= 11 is 6.82. The molecule has 0 aliphatic carbocycles. The van der Waals surface area contributed by atoms with Crippen LogP contribution < -0.4 is 5.32 Å². The highest BCUT2D eigenvalue weighted by Crippen LogP contribution is 2.22. The van der Waals surface area contributed by atoms with Crippen LogP contribution in [-0.4, -0.2) is 12.5 Å². The van der Waals surface area contributed by atoms with Crippen molar-refractivity contribution in [3.8, 4) is 0 Å². The van der Waals surface area contributed by atoms with Crippen molar-refractivity contribution >= 4 is 44.5 Å². The molecule has 0 aliphatic heterocycles. The second-order valence-corrected chi connectivity index (χ2v) is 7.26. The molecule has 1 N–H and O–H groups in total. The number of nitrogens with one attached hydrogen (secondary N) is 1. The van der Waals surface area contributed by atoms with Gasteiger partial charge in [0.1, 0.15) is 0 Å². The lowest BCUT2D eigenvalue weighted by molar-refractivity contribution is -0.121. The summed E-state index contributed by atoms with van der Waals surface area (Å²) < 4.78 is 1.14. The molecule has 5 heteroatoms. The molecule has 2 nitrogen and oxygen atoms in total. The number of carbonyl (C=O) groups excluding carboxylic acids is 1. The lowest BCUT2D eigenvalue weighted by atomic mass is 10.2. The molecule has 0 aliphatic rings. The minimum atomic E-state index is 0.136. The first-order valence-electron chi connectivity index (χ1n) is 5.76. The third-order valence-corrected chi connectivity index (χ3v) is 4.96. The number of aryl methyl sites for hydroxylation is 1. The molecule has 0 unspecified atom stereocenters. The number of thiophene rings is 2. The van der Waals surface area contributed by atoms with Crippen LogP contribution in [0.25, 0.3) is 0 Å². The zero-order valence-corrected chi connectivity index (χ0v) is 13.0. The Morgan fingerprint density at radius 2 is 2.17 bits per heavy atom. The molecule has 96 valence electrons. The molecule has 0 saturated heterocycles. The minimum Gasteiger partial charge on any atom is -0.356 e. The summed E-state index contributed by atoms with van der Waals surface area (Å²) in [6.45, 7) is 0.718. The van der Waals surface area contributed by atoms with Gasteiger partial charge in [-0.15, -0.1) is 11.3 Å². The van der Waals surface area contributed by atoms with Crippen molar-refractivity contribution < 1.29 is 4.79 Å². The maximum atomic E-state index is 11.6. The fraction of sp³-hybridized carbons (Fsp3) is 0.308. The van der Waals surface area contributed by atoms with E-state index in [2.05, 4.69) is 38.8 Å². The molecule has 18 heavy (non-hydrogen) atoms. The van der Waals surface area contributed by atoms with Crippen LogP contribution in [0.3, 0.4) is 0 Å². The van der Waals surface area contributed by atoms with Crippen LogP contribution in [0.1, 0.15) is 16.9 Å². The summed E-state index contributed by atoms with van der Waals surface area (Å²) in [5.74, 6) is 0.136. The van der Waals surface area contributed by atoms with Crippen LogP contribution in [0, 0.1) is 0 Å². The van der Waals surface area contributed by atoms with Gasteiger partial charge in [0.05, 0.1) is 3.79 Å². The van der Waals surface area contributed by atoms with Gasteiger partial charge in [-0.25, -0.2) is 0 Å². The first kappa shape index (κ1) is 13.8. The lowest BCUT2D eigenvalue weighted by Gasteiger charge is -2.03. The Morgan fingerprint density at radius 1 is 1.28 bits per heavy atom. The quantitative estimate of drug-likeness (QED) is 0.847. The zero-order chi connectivity index (χ0) is 12.8. The van der Waals surface area contributed by atoms with Crippen LogP contribution in [0.4, 0.5) is 0 Å². The number of rotatable bonds is 6. The smallest absolute Gasteiger partial charge is 0.220 e. The Morgan fingerprint density at radius 3 is 2.83 bits per heavy atom. The van der Waals surface area contributed by atoms with Crippen LogP contribution in [0.2, 0.25) is 0 Å². The molecule has 2 aromatic rings. The topological polar surface area (TPSA) is 29.1 Å². The summed E-state index contributed by atoms with van der Waals surface area (Å²) in [5.41, 5.74) is 1.25. The summed E-state index contributed by atoms with van der Waals surface area (Å²) in [6, 6.07) is 6.20. The maximum absolute atomic E-state index is 11.6. The normalized spacial score (nSPS) is 10.5. The molecule has 0 saturated carbocycles. The average Bonchev–Trinajstić information content (AvgIpc) is 2.98. The Labute approximate surface area is 123 Å². The van der Waals surface area contributed by atoms with Crippen molar-refractivity contribution in [3.63, 3.8) is 0 Å². The summed E-state index contributed by atoms with van der Waals surface area (Å²) in [6.07, 6.45) is 2.31. The molecular formula is C13H14BrNOS2. The molecule has 0 aromatic carbocycles. The van der Waals surface area contributed by atoms with E-state index in [1.165, 1.54) is 10.4 Å². The highest BCUT2D eigenvalue weighted by molar-refractivity contribution is 9.11. The van der Waals surface area contributed by atoms with E-state index in [0.29, 0.717) is 6.42 Å². The van der Waals surface area contributed by atoms with Gasteiger partial charge in [-0.3, -0.25) is 4.79 Å². The van der Waals surface area contributed by atoms with E-state index in [4.69, 9.17) is 0 Å². The van der Waals surface area contributed by atoms with Crippen LogP contribution in [0.5, 0.6) is 0 Å². The van der Waals surface area contributed by atoms with Gasteiger partial charge in [0, 0.05) is 17.8 Å². The monoisotopic (exact) mass is 343 g/mol. The van der Waals surface area contributed by atoms with Crippen molar-refractivity contribution in [1.29, 1.82) is 0 Å². The number of carbonyl (C=O) groups is 1. The van der Waals surface area contributed by atoms with Gasteiger partial charge in [0.2, 0.25) is 5.91 Å². The van der Waals surface area contributed by atoms with Crippen molar-refractivity contribution in [2.45, 2.75) is 19.3 Å². The van der Waals surface area contributed by atoms with Gasteiger partial charge in [-0.2, -0.15) is 11.3 Å². The number of hydrogen-bond acceptors (Lipinski definition) is 3. The first-order chi connectivity index (χ1) is 8.74. The van der Waals surface area contributed by atoms with E-state index < -0.39 is 0 Å². The van der Waals surface area contributed by atoms with E-state index in [0.717, 1.165) is 23.2 Å². The van der Waals surface area contributed by atoms with E-state index in [1.54, 1.807) is 22.7 Å². The Bertz CT molecular complexity index is 493. The van der Waals surface area contributed by atoms with Crippen molar-refractivity contribution in [2.75, 3.05) is 6.54 Å². The zero-order valence-electron chi connectivity index (χ0n) is 9.82. The van der Waals surface area contributed by atoms with Gasteiger partial charge < -0.3 is 5.32 Å². The van der Waals surface area contributed by atoms with Gasteiger partial charge >= 0.3 is 0 Å². The summed E-state index contributed by atoms with van der Waals surface area (Å²) in [7, 11) is 0. The molecule has 0 radical (unpaired) electrons. The Kier molecular flexibility index (Phi) is 5.41. The molecular weight excluding hydrogens is 330 g/mol. The predicted octanol–water partition coefficient (Wildman–Crippen LogP) is 3.86. The third kappa shape index (κ3) is 4.55. The van der Waals surface area contributed by atoms with Crippen molar-refractivity contribution in [2.24, 2.45) is 0 Å². The lowest BCUT2D eigenvalue weighted by Crippen LogP contribution is -2.25. The van der Waals surface area contributed by atoms with E-state index in [1.807, 2.05) is 11.4 Å². The van der Waals surface area contributed by atoms with Crippen molar-refractivity contribution in [3.05, 3.63) is 43.2 Å². The first-order valence-corrected chi connectivity index (χ1v) is 8.31. The SMILES string of the molecule is O=C(CCc1ccsc1)NCCc1ccc(Br)s1. The van der Waals surface area contributed by atoms with Crippen LogP contribution in [0.15, 0.2) is 32.7 Å². The standard InChI is InChI=1S/C13H14BrNOS2/c14-12-3-2-11(18-12)5-7-15-13(16)4-1-10-6-8-17-9-10/h2-3,6,8-9H,1,4-5,7H2,(H,15,16). The molecule has 1 amide bonds. The molecule has 0 bridgehead atoms. The molecule has 2 aromatic heterocycles. The Balaban J connectivity index is 1.63. The summed E-state index contributed by atoms with van der Waals surface area (Å²) in [4.78, 5) is 12.9. The fourth-order valence-corrected chi connectivity index (χ4v) is 3.78. The molecule has 0 atom stereocenters. The average molecular weight is 344 g/mol. The second kappa shape index (κ2) is 7.07. The molecule has 0 spiro atoms. The second-order valence-electron chi connectivity index (χ2n) is 3.94. The van der Waals surface area contributed by atoms with E-state index in [9.17, 15) is 4.79 Å². The Hall–Kier alpha value is -0.650. The minimum absolute atomic E-state index is 0.136. The summed E-state index contributed by atoms with van der Waals surface area (Å²) in [5, 5.41) is 7.10. The van der Waals surface area contributed by atoms with Gasteiger partial charge in [-0.05, 0) is 63.3 Å². The van der Waals surface area contributed by atoms with Gasteiger partial charge in [-0.1, -0.05) is 0 Å². The van der Waals surface area contributed by atoms with Gasteiger partial charge in [0.25, 0.3) is 0 Å².